The number of nitrogens with zero attached hydrogens (tertiary/aromatic N) is 2. The Morgan fingerprint density at radius 2 is 2.10 bits per heavy atom. The van der Waals surface area contributed by atoms with Gasteiger partial charge in [0.2, 0.25) is 5.88 Å². The molecule has 96 valence electrons. The summed E-state index contributed by atoms with van der Waals surface area (Å²) in [7, 11) is 0. The van der Waals surface area contributed by atoms with Crippen molar-refractivity contribution < 1.29 is 4.74 Å². The van der Waals surface area contributed by atoms with Crippen molar-refractivity contribution in [2.24, 2.45) is 0 Å². The highest BCUT2D eigenvalue weighted by Crippen LogP contribution is 2.37. The van der Waals surface area contributed by atoms with Gasteiger partial charge in [-0.25, -0.2) is 0 Å². The summed E-state index contributed by atoms with van der Waals surface area (Å²) in [6, 6.07) is 12.3. The highest BCUT2D eigenvalue weighted by molar-refractivity contribution is 5.92. The van der Waals surface area contributed by atoms with Gasteiger partial charge in [-0.1, -0.05) is 18.2 Å². The van der Waals surface area contributed by atoms with Crippen LogP contribution in [0.15, 0.2) is 48.8 Å². The van der Waals surface area contributed by atoms with E-state index in [4.69, 9.17) is 4.74 Å². The van der Waals surface area contributed by atoms with E-state index in [1.165, 1.54) is 5.56 Å². The lowest BCUT2D eigenvalue weighted by atomic mass is 10.1. The Hall–Kier alpha value is -2.75. The van der Waals surface area contributed by atoms with Crippen LogP contribution < -0.4 is 4.74 Å². The van der Waals surface area contributed by atoms with Crippen molar-refractivity contribution in [3.05, 3.63) is 60.0 Å². The summed E-state index contributed by atoms with van der Waals surface area (Å²) in [5, 5.41) is 1.12. The van der Waals surface area contributed by atoms with E-state index in [9.17, 15) is 0 Å². The number of ether oxygens (including phenoxy) is 1. The number of aromatic amines is 1. The van der Waals surface area contributed by atoms with Crippen molar-refractivity contribution in [3.63, 3.8) is 0 Å². The second kappa shape index (κ2) is 3.42. The van der Waals surface area contributed by atoms with Crippen molar-refractivity contribution in [3.8, 4) is 11.6 Å². The SMILES string of the molecule is c1ccc2c(c1)Cc1c(nc3c4cc[nH]c4ccn13)O2. The molecule has 4 nitrogen and oxygen atoms in total. The first kappa shape index (κ1) is 10.1. The topological polar surface area (TPSA) is 42.3 Å². The fraction of sp³-hybridized carbons (Fsp3) is 0.0625. The monoisotopic (exact) mass is 261 g/mol. The standard InChI is InChI=1S/C16H11N3O/c1-2-4-14-10(3-1)9-13-16(20-14)18-15-11-5-7-17-12(11)6-8-19(13)15/h1-8,17H,9H2. The number of hydrogen-bond acceptors (Lipinski definition) is 2. The van der Waals surface area contributed by atoms with Gasteiger partial charge in [-0.05, 0) is 18.2 Å². The van der Waals surface area contributed by atoms with Gasteiger partial charge in [-0.3, -0.25) is 4.40 Å². The fourth-order valence-corrected chi connectivity index (χ4v) is 2.94. The van der Waals surface area contributed by atoms with Crippen LogP contribution in [0.5, 0.6) is 11.6 Å². The molecule has 0 fully saturated rings. The Kier molecular flexibility index (Phi) is 1.72. The molecule has 4 heterocycles. The molecule has 0 radical (unpaired) electrons. The van der Waals surface area contributed by atoms with E-state index in [2.05, 4.69) is 38.8 Å². The van der Waals surface area contributed by atoms with Gasteiger partial charge < -0.3 is 9.72 Å². The molecule has 4 aromatic rings. The molecule has 1 aliphatic heterocycles. The third kappa shape index (κ3) is 1.18. The number of imidazole rings is 1. The Labute approximate surface area is 114 Å². The molecular formula is C16H11N3O. The van der Waals surface area contributed by atoms with Crippen molar-refractivity contribution >= 4 is 16.6 Å². The van der Waals surface area contributed by atoms with Gasteiger partial charge >= 0.3 is 0 Å². The average molecular weight is 261 g/mol. The third-order valence-corrected chi connectivity index (χ3v) is 3.92. The molecule has 1 aromatic carbocycles. The van der Waals surface area contributed by atoms with Crippen LogP contribution in [0, 0.1) is 0 Å². The number of para-hydroxylation sites is 1. The number of rotatable bonds is 0. The number of nitrogens with one attached hydrogen (secondary N) is 1. The molecule has 0 aliphatic carbocycles. The molecule has 3 aromatic heterocycles. The van der Waals surface area contributed by atoms with Gasteiger partial charge in [0.25, 0.3) is 0 Å². The second-order valence-electron chi connectivity index (χ2n) is 5.06. The van der Waals surface area contributed by atoms with Crippen LogP contribution >= 0.6 is 0 Å². The first-order valence-electron chi connectivity index (χ1n) is 6.63. The van der Waals surface area contributed by atoms with Gasteiger partial charge in [0, 0.05) is 29.8 Å². The van der Waals surface area contributed by atoms with Gasteiger partial charge in [0.05, 0.1) is 11.2 Å². The Balaban J connectivity index is 1.83. The van der Waals surface area contributed by atoms with Crippen LogP contribution in [0.2, 0.25) is 0 Å². The maximum absolute atomic E-state index is 5.95. The Morgan fingerprint density at radius 1 is 1.15 bits per heavy atom. The summed E-state index contributed by atoms with van der Waals surface area (Å²) in [6.07, 6.45) is 4.84. The van der Waals surface area contributed by atoms with Crippen LogP contribution in [0.4, 0.5) is 0 Å². The normalized spacial score (nSPS) is 13.2. The molecule has 0 amide bonds. The van der Waals surface area contributed by atoms with Gasteiger partial charge in [-0.2, -0.15) is 4.98 Å². The second-order valence-corrected chi connectivity index (χ2v) is 5.06. The van der Waals surface area contributed by atoms with Crippen molar-refractivity contribution in [2.75, 3.05) is 0 Å². The van der Waals surface area contributed by atoms with Crippen LogP contribution in [-0.4, -0.2) is 14.4 Å². The Morgan fingerprint density at radius 3 is 3.10 bits per heavy atom. The van der Waals surface area contributed by atoms with Crippen LogP contribution in [-0.2, 0) is 6.42 Å². The van der Waals surface area contributed by atoms with Crippen molar-refractivity contribution in [1.29, 1.82) is 0 Å². The predicted octanol–water partition coefficient (Wildman–Crippen LogP) is 3.51. The van der Waals surface area contributed by atoms with Crippen LogP contribution in [0.1, 0.15) is 11.3 Å². The third-order valence-electron chi connectivity index (χ3n) is 3.92. The van der Waals surface area contributed by atoms with E-state index in [1.54, 1.807) is 0 Å². The van der Waals surface area contributed by atoms with E-state index in [1.807, 2.05) is 24.4 Å². The molecule has 0 unspecified atom stereocenters. The molecular weight excluding hydrogens is 250 g/mol. The van der Waals surface area contributed by atoms with Crippen LogP contribution in [0.25, 0.3) is 16.6 Å². The number of H-pyrrole nitrogens is 1. The lowest BCUT2D eigenvalue weighted by Crippen LogP contribution is -2.04. The summed E-state index contributed by atoms with van der Waals surface area (Å²) in [6.45, 7) is 0. The van der Waals surface area contributed by atoms with Crippen molar-refractivity contribution in [1.82, 2.24) is 14.4 Å². The number of pyridine rings is 1. The first-order valence-corrected chi connectivity index (χ1v) is 6.63. The summed E-state index contributed by atoms with van der Waals surface area (Å²) in [5.74, 6) is 1.63. The molecule has 20 heavy (non-hydrogen) atoms. The number of aromatic nitrogens is 3. The average Bonchev–Trinajstić information content (AvgIpc) is 3.08. The van der Waals surface area contributed by atoms with E-state index in [-0.39, 0.29) is 0 Å². The summed E-state index contributed by atoms with van der Waals surface area (Å²) < 4.78 is 8.07. The van der Waals surface area contributed by atoms with E-state index in [0.29, 0.717) is 0 Å². The Bertz CT molecular complexity index is 964. The molecule has 5 rings (SSSR count). The summed E-state index contributed by atoms with van der Waals surface area (Å²) >= 11 is 0. The molecule has 1 aliphatic rings. The molecule has 4 heteroatoms. The maximum atomic E-state index is 5.95. The smallest absolute Gasteiger partial charge is 0.241 e. The van der Waals surface area contributed by atoms with E-state index < -0.39 is 0 Å². The molecule has 0 saturated heterocycles. The minimum Gasteiger partial charge on any atom is -0.437 e. The molecule has 1 N–H and O–H groups in total. The number of benzene rings is 1. The fourth-order valence-electron chi connectivity index (χ4n) is 2.94. The van der Waals surface area contributed by atoms with Crippen molar-refractivity contribution in [2.45, 2.75) is 6.42 Å². The molecule has 0 spiro atoms. The minimum atomic E-state index is 0.720. The largest absolute Gasteiger partial charge is 0.437 e. The molecule has 0 saturated carbocycles. The zero-order valence-electron chi connectivity index (χ0n) is 10.6. The van der Waals surface area contributed by atoms with Crippen LogP contribution in [0.3, 0.4) is 0 Å². The first-order chi connectivity index (χ1) is 9.90. The summed E-state index contributed by atoms with van der Waals surface area (Å²) in [5.41, 5.74) is 4.36. The number of fused-ring (bicyclic) bond motifs is 6. The lowest BCUT2D eigenvalue weighted by molar-refractivity contribution is 0.443. The van der Waals surface area contributed by atoms with E-state index in [0.717, 1.165) is 40.3 Å². The lowest BCUT2D eigenvalue weighted by Gasteiger charge is -2.15. The maximum Gasteiger partial charge on any atom is 0.241 e. The van der Waals surface area contributed by atoms with Gasteiger partial charge in [0.1, 0.15) is 5.75 Å². The quantitative estimate of drug-likeness (QED) is 0.463. The van der Waals surface area contributed by atoms with Gasteiger partial charge in [-0.15, -0.1) is 0 Å². The van der Waals surface area contributed by atoms with E-state index >= 15 is 0 Å². The summed E-state index contributed by atoms with van der Waals surface area (Å²) in [4.78, 5) is 7.89. The highest BCUT2D eigenvalue weighted by atomic mass is 16.5. The minimum absolute atomic E-state index is 0.720. The zero-order valence-corrected chi connectivity index (χ0v) is 10.6. The molecule has 0 atom stereocenters. The van der Waals surface area contributed by atoms with Gasteiger partial charge in [0.15, 0.2) is 5.65 Å². The zero-order chi connectivity index (χ0) is 13.1. The highest BCUT2D eigenvalue weighted by Gasteiger charge is 2.22. The number of hydrogen-bond donors (Lipinski definition) is 1. The predicted molar refractivity (Wildman–Crippen MR) is 76.4 cm³/mol. The molecule has 0 bridgehead atoms.